The average molecular weight is 743 g/mol. The van der Waals surface area contributed by atoms with E-state index in [2.05, 4.69) is 133 Å². The van der Waals surface area contributed by atoms with E-state index in [1.54, 1.807) is 18.2 Å². The summed E-state index contributed by atoms with van der Waals surface area (Å²) in [5.74, 6) is 1.61. The molecule has 288 valence electrons. The topological polar surface area (TPSA) is 49.9 Å². The maximum Gasteiger partial charge on any atom is 0.419 e. The lowest BCUT2D eigenvalue weighted by molar-refractivity contribution is -0.138. The van der Waals surface area contributed by atoms with Crippen molar-refractivity contribution in [2.24, 2.45) is 0 Å². The monoisotopic (exact) mass is 742 g/mol. The van der Waals surface area contributed by atoms with Crippen molar-refractivity contribution >= 4 is 21.2 Å². The quantitative estimate of drug-likeness (QED) is 0.180. The summed E-state index contributed by atoms with van der Waals surface area (Å²) in [6.45, 7) is 16.7. The van der Waals surface area contributed by atoms with Crippen molar-refractivity contribution in [2.45, 2.75) is 90.1 Å². The number of hydrogen-bond donors (Lipinski definition) is 0. The van der Waals surface area contributed by atoms with Gasteiger partial charge in [-0.25, -0.2) is 8.42 Å². The lowest BCUT2D eigenvalue weighted by atomic mass is 10.00. The van der Waals surface area contributed by atoms with Crippen LogP contribution in [0.3, 0.4) is 0 Å². The Balaban J connectivity index is 0.000000348. The SMILES string of the molecule is CC(C)c1ccc(N(C)C)cc1.CC(C)c1ccc(S(C)(=O)=O)cc1.CC(C)c1cccc(N(C)C)c1.COc1ccc(C(C)C)cc1C(F)(F)F. The van der Waals surface area contributed by atoms with Crippen molar-refractivity contribution < 1.29 is 26.3 Å². The third kappa shape index (κ3) is 15.7. The number of alkyl halides is 3. The van der Waals surface area contributed by atoms with Gasteiger partial charge in [-0.15, -0.1) is 0 Å². The lowest BCUT2D eigenvalue weighted by Gasteiger charge is -2.14. The first kappa shape index (κ1) is 46.0. The second-order valence-corrected chi connectivity index (χ2v) is 16.4. The van der Waals surface area contributed by atoms with Crippen LogP contribution in [0.25, 0.3) is 0 Å². The molecular formula is C43H61F3N2O3S. The van der Waals surface area contributed by atoms with Gasteiger partial charge in [0.2, 0.25) is 0 Å². The number of nitrogens with zero attached hydrogens (tertiary/aromatic N) is 2. The van der Waals surface area contributed by atoms with Gasteiger partial charge < -0.3 is 14.5 Å². The zero-order valence-corrected chi connectivity index (χ0v) is 34.4. The number of hydrogen-bond acceptors (Lipinski definition) is 5. The molecule has 0 unspecified atom stereocenters. The standard InChI is InChI=1S/C11H13F3O.2C11H17N.C10H14O2S/c1-7(2)8-4-5-10(15-3)9(6-8)11(12,13)14;1-9(2)10-5-7-11(8-6-10)12(3)4;1-9(2)10-6-5-7-11(8-10)12(3)4;1-8(2)9-4-6-10(7-5-9)13(3,11)12/h4-7H,1-3H3;2*5-9H,1-4H3;4-8H,1-3H3. The molecule has 0 bridgehead atoms. The predicted molar refractivity (Wildman–Crippen MR) is 215 cm³/mol. The molecule has 0 heterocycles. The number of anilines is 2. The van der Waals surface area contributed by atoms with Crippen LogP contribution >= 0.6 is 0 Å². The van der Waals surface area contributed by atoms with E-state index in [4.69, 9.17) is 0 Å². The molecular weight excluding hydrogens is 682 g/mol. The first-order chi connectivity index (χ1) is 24.0. The summed E-state index contributed by atoms with van der Waals surface area (Å²) >= 11 is 0. The Morgan fingerprint density at radius 2 is 0.962 bits per heavy atom. The Morgan fingerprint density at radius 1 is 0.558 bits per heavy atom. The van der Waals surface area contributed by atoms with Crippen LogP contribution in [0, 0.1) is 0 Å². The molecule has 0 radical (unpaired) electrons. The van der Waals surface area contributed by atoms with Crippen LogP contribution in [0.5, 0.6) is 5.75 Å². The van der Waals surface area contributed by atoms with Crippen molar-refractivity contribution in [3.8, 4) is 5.75 Å². The summed E-state index contributed by atoms with van der Waals surface area (Å²) in [7, 11) is 6.45. The fourth-order valence-corrected chi connectivity index (χ4v) is 5.36. The van der Waals surface area contributed by atoms with Gasteiger partial charge >= 0.3 is 6.18 Å². The van der Waals surface area contributed by atoms with E-state index < -0.39 is 21.6 Å². The van der Waals surface area contributed by atoms with E-state index >= 15 is 0 Å². The number of halogens is 3. The lowest BCUT2D eigenvalue weighted by Crippen LogP contribution is -2.08. The van der Waals surface area contributed by atoms with Crippen molar-refractivity contribution in [1.82, 2.24) is 0 Å². The minimum Gasteiger partial charge on any atom is -0.496 e. The third-order valence-corrected chi connectivity index (χ3v) is 9.43. The molecule has 0 saturated carbocycles. The van der Waals surface area contributed by atoms with Crippen LogP contribution in [-0.2, 0) is 16.0 Å². The van der Waals surface area contributed by atoms with E-state index in [1.807, 2.05) is 26.0 Å². The summed E-state index contributed by atoms with van der Waals surface area (Å²) in [5, 5.41) is 0. The molecule has 0 saturated heterocycles. The Morgan fingerprint density at radius 3 is 1.33 bits per heavy atom. The van der Waals surface area contributed by atoms with Gasteiger partial charge in [0.05, 0.1) is 17.6 Å². The molecule has 5 nitrogen and oxygen atoms in total. The Kier molecular flexibility index (Phi) is 18.5. The zero-order valence-electron chi connectivity index (χ0n) is 33.6. The maximum atomic E-state index is 12.6. The first-order valence-electron chi connectivity index (χ1n) is 17.6. The molecule has 0 spiro atoms. The molecule has 52 heavy (non-hydrogen) atoms. The van der Waals surface area contributed by atoms with E-state index in [0.29, 0.717) is 28.2 Å². The average Bonchev–Trinajstić information content (AvgIpc) is 3.08. The van der Waals surface area contributed by atoms with E-state index in [-0.39, 0.29) is 11.7 Å². The van der Waals surface area contributed by atoms with Crippen LogP contribution in [0.4, 0.5) is 24.5 Å². The number of sulfone groups is 1. The van der Waals surface area contributed by atoms with Crippen LogP contribution in [-0.4, -0.2) is 50.0 Å². The minimum atomic E-state index is -4.36. The molecule has 0 atom stereocenters. The second kappa shape index (κ2) is 20.9. The molecule has 0 amide bonds. The van der Waals surface area contributed by atoms with Crippen LogP contribution in [0.2, 0.25) is 0 Å². The van der Waals surface area contributed by atoms with Crippen LogP contribution in [0.15, 0.2) is 95.9 Å². The smallest absolute Gasteiger partial charge is 0.419 e. The molecule has 0 fully saturated rings. The highest BCUT2D eigenvalue weighted by molar-refractivity contribution is 7.90. The fraction of sp³-hybridized carbons (Fsp3) is 0.442. The molecule has 0 aliphatic carbocycles. The highest BCUT2D eigenvalue weighted by Gasteiger charge is 2.34. The Bertz CT molecular complexity index is 1680. The van der Waals surface area contributed by atoms with Gasteiger partial charge in [-0.1, -0.05) is 97.9 Å². The summed E-state index contributed by atoms with van der Waals surface area (Å²) in [6, 6.07) is 28.6. The predicted octanol–water partition coefficient (Wildman–Crippen LogP) is 11.8. The van der Waals surface area contributed by atoms with Gasteiger partial charge in [-0.2, -0.15) is 13.2 Å². The van der Waals surface area contributed by atoms with Crippen LogP contribution < -0.4 is 14.5 Å². The molecule has 0 aliphatic heterocycles. The first-order valence-corrected chi connectivity index (χ1v) is 19.5. The number of benzene rings is 4. The van der Waals surface area contributed by atoms with Gasteiger partial charge in [-0.3, -0.25) is 0 Å². The Hall–Kier alpha value is -3.98. The normalized spacial score (nSPS) is 11.2. The summed E-state index contributed by atoms with van der Waals surface area (Å²) in [5.41, 5.74) is 6.45. The van der Waals surface area contributed by atoms with Gasteiger partial charge in [0.1, 0.15) is 5.75 Å². The zero-order chi connectivity index (χ0) is 40.0. The van der Waals surface area contributed by atoms with Gasteiger partial charge in [-0.05, 0) is 94.5 Å². The number of methoxy groups -OCH3 is 1. The molecule has 0 aromatic heterocycles. The molecule has 9 heteroatoms. The van der Waals surface area contributed by atoms with Gasteiger partial charge in [0, 0.05) is 45.8 Å². The Labute approximate surface area is 312 Å². The second-order valence-electron chi connectivity index (χ2n) is 14.4. The van der Waals surface area contributed by atoms with Crippen molar-refractivity contribution in [3.05, 3.63) is 119 Å². The summed E-state index contributed by atoms with van der Waals surface area (Å²) in [6.07, 6.45) is -3.15. The summed E-state index contributed by atoms with van der Waals surface area (Å²) < 4.78 is 64.7. The maximum absolute atomic E-state index is 12.6. The minimum absolute atomic E-state index is 0.0667. The van der Waals surface area contributed by atoms with E-state index in [9.17, 15) is 21.6 Å². The molecule has 0 aliphatic rings. The van der Waals surface area contributed by atoms with E-state index in [0.717, 1.165) is 11.6 Å². The van der Waals surface area contributed by atoms with Gasteiger partial charge in [0.15, 0.2) is 9.84 Å². The summed E-state index contributed by atoms with van der Waals surface area (Å²) in [4.78, 5) is 4.63. The van der Waals surface area contributed by atoms with Crippen molar-refractivity contribution in [1.29, 1.82) is 0 Å². The van der Waals surface area contributed by atoms with Gasteiger partial charge in [0.25, 0.3) is 0 Å². The highest BCUT2D eigenvalue weighted by atomic mass is 32.2. The number of rotatable bonds is 8. The third-order valence-electron chi connectivity index (χ3n) is 8.30. The highest BCUT2D eigenvalue weighted by Crippen LogP contribution is 2.37. The van der Waals surface area contributed by atoms with Crippen molar-refractivity contribution in [3.63, 3.8) is 0 Å². The fourth-order valence-electron chi connectivity index (χ4n) is 4.73. The molecule has 0 N–H and O–H groups in total. The molecule has 4 aromatic carbocycles. The largest absolute Gasteiger partial charge is 0.496 e. The van der Waals surface area contributed by atoms with Crippen LogP contribution in [0.1, 0.15) is 107 Å². The number of ether oxygens (including phenoxy) is 1. The van der Waals surface area contributed by atoms with E-state index in [1.165, 1.54) is 41.9 Å². The molecule has 4 aromatic rings. The molecule has 4 rings (SSSR count). The van der Waals surface area contributed by atoms with Crippen molar-refractivity contribution in [2.75, 3.05) is 51.4 Å².